The third-order valence-electron chi connectivity index (χ3n) is 3.51. The van der Waals surface area contributed by atoms with Gasteiger partial charge in [-0.25, -0.2) is 0 Å². The first-order valence-corrected chi connectivity index (χ1v) is 7.88. The highest BCUT2D eigenvalue weighted by Crippen LogP contribution is 2.45. The molecule has 17 heavy (non-hydrogen) atoms. The van der Waals surface area contributed by atoms with Gasteiger partial charge in [0.25, 0.3) is 0 Å². The van der Waals surface area contributed by atoms with Crippen molar-refractivity contribution in [2.75, 3.05) is 11.5 Å². The summed E-state index contributed by atoms with van der Waals surface area (Å²) in [4.78, 5) is 0. The lowest BCUT2D eigenvalue weighted by atomic mass is 9.86. The van der Waals surface area contributed by atoms with Gasteiger partial charge in [0.2, 0.25) is 0 Å². The predicted octanol–water partition coefficient (Wildman–Crippen LogP) is 3.53. The van der Waals surface area contributed by atoms with Crippen molar-refractivity contribution in [1.82, 2.24) is 0 Å². The van der Waals surface area contributed by atoms with Gasteiger partial charge in [-0.15, -0.1) is 0 Å². The number of thioether (sulfide) groups is 1. The van der Waals surface area contributed by atoms with E-state index in [1.807, 2.05) is 30.0 Å². The SMILES string of the molecule is OC1CC2(CCCSC2)Oc2ccc(Br)cc21. The molecule has 0 amide bonds. The molecule has 1 spiro atoms. The van der Waals surface area contributed by atoms with Crippen LogP contribution in [0.25, 0.3) is 0 Å². The van der Waals surface area contributed by atoms with Gasteiger partial charge in [-0.2, -0.15) is 11.8 Å². The van der Waals surface area contributed by atoms with Crippen LogP contribution in [0.5, 0.6) is 5.75 Å². The van der Waals surface area contributed by atoms with Crippen LogP contribution in [0.4, 0.5) is 0 Å². The zero-order valence-electron chi connectivity index (χ0n) is 9.49. The standard InChI is InChI=1S/C13H15BrO2S/c14-9-2-3-12-10(6-9)11(15)7-13(16-12)4-1-5-17-8-13/h2-3,6,11,15H,1,4-5,7-8H2. The second kappa shape index (κ2) is 4.48. The molecule has 3 rings (SSSR count). The van der Waals surface area contributed by atoms with Crippen molar-refractivity contribution in [2.45, 2.75) is 31.0 Å². The number of aliphatic hydroxyl groups excluding tert-OH is 1. The molecular weight excluding hydrogens is 300 g/mol. The van der Waals surface area contributed by atoms with Crippen molar-refractivity contribution in [3.05, 3.63) is 28.2 Å². The van der Waals surface area contributed by atoms with Crippen molar-refractivity contribution in [3.63, 3.8) is 0 Å². The van der Waals surface area contributed by atoms with Gasteiger partial charge in [-0.3, -0.25) is 0 Å². The van der Waals surface area contributed by atoms with E-state index >= 15 is 0 Å². The van der Waals surface area contributed by atoms with Crippen LogP contribution in [0.15, 0.2) is 22.7 Å². The van der Waals surface area contributed by atoms with E-state index in [1.54, 1.807) is 0 Å². The molecule has 2 aliphatic heterocycles. The third kappa shape index (κ3) is 2.23. The van der Waals surface area contributed by atoms with Crippen molar-refractivity contribution in [2.24, 2.45) is 0 Å². The fraction of sp³-hybridized carbons (Fsp3) is 0.538. The molecule has 2 aliphatic rings. The molecule has 2 heterocycles. The summed E-state index contributed by atoms with van der Waals surface area (Å²) in [5, 5.41) is 10.3. The van der Waals surface area contributed by atoms with Crippen LogP contribution in [0.2, 0.25) is 0 Å². The highest BCUT2D eigenvalue weighted by atomic mass is 79.9. The summed E-state index contributed by atoms with van der Waals surface area (Å²) in [6.07, 6.45) is 2.58. The van der Waals surface area contributed by atoms with Gasteiger partial charge in [0, 0.05) is 22.2 Å². The van der Waals surface area contributed by atoms with E-state index in [0.29, 0.717) is 0 Å². The maximum absolute atomic E-state index is 10.3. The quantitative estimate of drug-likeness (QED) is 0.794. The summed E-state index contributed by atoms with van der Waals surface area (Å²) >= 11 is 5.37. The number of ether oxygens (including phenoxy) is 1. The Morgan fingerprint density at radius 1 is 1.47 bits per heavy atom. The van der Waals surface area contributed by atoms with E-state index in [-0.39, 0.29) is 5.60 Å². The Bertz CT molecular complexity index is 429. The average Bonchev–Trinajstić information content (AvgIpc) is 2.31. The largest absolute Gasteiger partial charge is 0.486 e. The molecule has 0 aliphatic carbocycles. The summed E-state index contributed by atoms with van der Waals surface area (Å²) in [6, 6.07) is 5.90. The molecule has 92 valence electrons. The normalized spacial score (nSPS) is 32.0. The first kappa shape index (κ1) is 11.9. The number of halogens is 1. The van der Waals surface area contributed by atoms with Gasteiger partial charge in [-0.1, -0.05) is 15.9 Å². The van der Waals surface area contributed by atoms with Gasteiger partial charge in [-0.05, 0) is 36.8 Å². The molecule has 1 N–H and O–H groups in total. The number of hydrogen-bond acceptors (Lipinski definition) is 3. The lowest BCUT2D eigenvalue weighted by molar-refractivity contribution is -0.00557. The van der Waals surface area contributed by atoms with Crippen LogP contribution in [0.3, 0.4) is 0 Å². The summed E-state index contributed by atoms with van der Waals surface area (Å²) in [6.45, 7) is 0. The van der Waals surface area contributed by atoms with Crippen LogP contribution in [0, 0.1) is 0 Å². The van der Waals surface area contributed by atoms with E-state index in [2.05, 4.69) is 15.9 Å². The highest BCUT2D eigenvalue weighted by Gasteiger charge is 2.41. The molecule has 1 aromatic rings. The highest BCUT2D eigenvalue weighted by molar-refractivity contribution is 9.10. The Balaban J connectivity index is 1.94. The Kier molecular flexibility index (Phi) is 3.13. The number of benzene rings is 1. The molecule has 4 heteroatoms. The Morgan fingerprint density at radius 2 is 2.35 bits per heavy atom. The predicted molar refractivity (Wildman–Crippen MR) is 73.6 cm³/mol. The molecular formula is C13H15BrO2S. The zero-order chi connectivity index (χ0) is 11.9. The fourth-order valence-electron chi connectivity index (χ4n) is 2.68. The summed E-state index contributed by atoms with van der Waals surface area (Å²) < 4.78 is 7.18. The van der Waals surface area contributed by atoms with Gasteiger partial charge >= 0.3 is 0 Å². The molecule has 1 saturated heterocycles. The van der Waals surface area contributed by atoms with Crippen LogP contribution < -0.4 is 4.74 Å². The Labute approximate surface area is 114 Å². The summed E-state index contributed by atoms with van der Waals surface area (Å²) in [5.41, 5.74) is 0.781. The first-order chi connectivity index (χ1) is 8.19. The molecule has 2 unspecified atom stereocenters. The molecule has 1 fully saturated rings. The summed E-state index contributed by atoms with van der Waals surface area (Å²) in [7, 11) is 0. The second-order valence-corrected chi connectivity index (χ2v) is 6.86. The van der Waals surface area contributed by atoms with E-state index in [4.69, 9.17) is 4.74 Å². The number of fused-ring (bicyclic) bond motifs is 1. The lowest BCUT2D eigenvalue weighted by Crippen LogP contribution is -2.45. The van der Waals surface area contributed by atoms with Crippen molar-refractivity contribution in [1.29, 1.82) is 0 Å². The Hall–Kier alpha value is -0.190. The molecule has 0 saturated carbocycles. The van der Waals surface area contributed by atoms with E-state index in [0.717, 1.165) is 34.4 Å². The minimum Gasteiger partial charge on any atom is -0.486 e. The Morgan fingerprint density at radius 3 is 3.12 bits per heavy atom. The van der Waals surface area contributed by atoms with E-state index < -0.39 is 6.10 Å². The second-order valence-electron chi connectivity index (χ2n) is 4.84. The fourth-order valence-corrected chi connectivity index (χ4v) is 4.24. The van der Waals surface area contributed by atoms with Gasteiger partial charge in [0.15, 0.2) is 0 Å². The van der Waals surface area contributed by atoms with Crippen molar-refractivity contribution in [3.8, 4) is 5.75 Å². The molecule has 2 nitrogen and oxygen atoms in total. The lowest BCUT2D eigenvalue weighted by Gasteiger charge is -2.42. The van der Waals surface area contributed by atoms with Gasteiger partial charge in [0.05, 0.1) is 6.10 Å². The van der Waals surface area contributed by atoms with Crippen LogP contribution in [-0.4, -0.2) is 22.2 Å². The van der Waals surface area contributed by atoms with Crippen LogP contribution in [0.1, 0.15) is 30.9 Å². The molecule has 2 atom stereocenters. The monoisotopic (exact) mass is 314 g/mol. The van der Waals surface area contributed by atoms with Gasteiger partial charge < -0.3 is 9.84 Å². The van der Waals surface area contributed by atoms with Crippen molar-refractivity contribution >= 4 is 27.7 Å². The maximum Gasteiger partial charge on any atom is 0.126 e. The molecule has 1 aromatic carbocycles. The smallest absolute Gasteiger partial charge is 0.126 e. The zero-order valence-corrected chi connectivity index (χ0v) is 11.9. The summed E-state index contributed by atoms with van der Waals surface area (Å²) in [5.74, 6) is 3.07. The minimum atomic E-state index is -0.394. The van der Waals surface area contributed by atoms with Crippen molar-refractivity contribution < 1.29 is 9.84 Å². The molecule has 0 aromatic heterocycles. The van der Waals surface area contributed by atoms with Crippen LogP contribution in [-0.2, 0) is 0 Å². The number of rotatable bonds is 0. The van der Waals surface area contributed by atoms with E-state index in [9.17, 15) is 5.11 Å². The first-order valence-electron chi connectivity index (χ1n) is 5.93. The third-order valence-corrected chi connectivity index (χ3v) is 5.31. The van der Waals surface area contributed by atoms with Crippen LogP contribution >= 0.6 is 27.7 Å². The maximum atomic E-state index is 10.3. The molecule has 0 radical (unpaired) electrons. The topological polar surface area (TPSA) is 29.5 Å². The van der Waals surface area contributed by atoms with Gasteiger partial charge in [0.1, 0.15) is 11.4 Å². The number of aliphatic hydroxyl groups is 1. The molecule has 0 bridgehead atoms. The average molecular weight is 315 g/mol. The number of hydrogen-bond donors (Lipinski definition) is 1. The minimum absolute atomic E-state index is 0.136. The van der Waals surface area contributed by atoms with E-state index in [1.165, 1.54) is 12.2 Å².